The lowest BCUT2D eigenvalue weighted by molar-refractivity contribution is 0.0301. The van der Waals surface area contributed by atoms with Gasteiger partial charge >= 0.3 is 8.80 Å². The van der Waals surface area contributed by atoms with E-state index in [1.54, 1.807) is 0 Å². The van der Waals surface area contributed by atoms with E-state index in [0.29, 0.717) is 6.61 Å². The molecule has 1 aliphatic rings. The minimum atomic E-state index is -3.38. The molecule has 1 fully saturated rings. The second kappa shape index (κ2) is 12.1. The lowest BCUT2D eigenvalue weighted by Gasteiger charge is -2.36. The first-order valence-electron chi connectivity index (χ1n) is 12.2. The van der Waals surface area contributed by atoms with Gasteiger partial charge in [-0.05, 0) is 55.7 Å². The van der Waals surface area contributed by atoms with Crippen LogP contribution >= 0.6 is 0 Å². The number of hydrogen-bond donors (Lipinski definition) is 0. The zero-order valence-electron chi connectivity index (χ0n) is 20.0. The third-order valence-corrected chi connectivity index (χ3v) is 9.13. The molecule has 0 spiro atoms. The van der Waals surface area contributed by atoms with Gasteiger partial charge in [-0.25, -0.2) is 0 Å². The van der Waals surface area contributed by atoms with Crippen LogP contribution in [-0.2, 0) is 9.47 Å². The van der Waals surface area contributed by atoms with Crippen molar-refractivity contribution in [3.63, 3.8) is 0 Å². The van der Waals surface area contributed by atoms with E-state index in [2.05, 4.69) is 13.8 Å². The molecule has 4 rings (SSSR count). The van der Waals surface area contributed by atoms with Crippen molar-refractivity contribution in [1.82, 2.24) is 0 Å². The summed E-state index contributed by atoms with van der Waals surface area (Å²) in [6, 6.07) is 29.5. The first kappa shape index (κ1) is 24.3. The molecule has 34 heavy (non-hydrogen) atoms. The van der Waals surface area contributed by atoms with Gasteiger partial charge < -0.3 is 22.8 Å². The molecule has 3 unspecified atom stereocenters. The third kappa shape index (κ3) is 6.85. The summed E-state index contributed by atoms with van der Waals surface area (Å²) >= 11 is 0. The van der Waals surface area contributed by atoms with E-state index in [0.717, 1.165) is 43.1 Å². The molecule has 180 valence electrons. The largest absolute Gasteiger partial charge is 0.702 e. The van der Waals surface area contributed by atoms with Crippen LogP contribution in [0.15, 0.2) is 91.0 Å². The van der Waals surface area contributed by atoms with Crippen molar-refractivity contribution in [3.8, 4) is 17.2 Å². The van der Waals surface area contributed by atoms with Crippen LogP contribution in [0.4, 0.5) is 0 Å². The Hall–Kier alpha value is -2.80. The average Bonchev–Trinajstić information content (AvgIpc) is 3.70. The van der Waals surface area contributed by atoms with Gasteiger partial charge in [-0.15, -0.1) is 0 Å². The van der Waals surface area contributed by atoms with Crippen molar-refractivity contribution in [2.75, 3.05) is 13.2 Å². The minimum Gasteiger partial charge on any atom is -0.483 e. The Kier molecular flexibility index (Phi) is 8.63. The van der Waals surface area contributed by atoms with Crippen molar-refractivity contribution in [3.05, 3.63) is 91.0 Å². The monoisotopic (exact) mass is 478 g/mol. The van der Waals surface area contributed by atoms with Crippen molar-refractivity contribution in [1.29, 1.82) is 0 Å². The predicted molar refractivity (Wildman–Crippen MR) is 135 cm³/mol. The average molecular weight is 479 g/mol. The molecule has 3 atom stereocenters. The molecule has 0 amide bonds. The van der Waals surface area contributed by atoms with Gasteiger partial charge in [0.05, 0.1) is 24.9 Å². The van der Waals surface area contributed by atoms with Gasteiger partial charge in [0.15, 0.2) is 0 Å². The molecule has 3 aromatic carbocycles. The fraction of sp³-hybridized carbons (Fsp3) is 0.357. The van der Waals surface area contributed by atoms with Crippen molar-refractivity contribution in [2.24, 2.45) is 0 Å². The second-order valence-corrected chi connectivity index (χ2v) is 11.1. The van der Waals surface area contributed by atoms with Gasteiger partial charge in [-0.1, -0.05) is 68.4 Å². The lowest BCUT2D eigenvalue weighted by Crippen LogP contribution is -2.59. The summed E-state index contributed by atoms with van der Waals surface area (Å²) < 4.78 is 31.9. The van der Waals surface area contributed by atoms with E-state index >= 15 is 0 Å². The molecule has 0 aliphatic carbocycles. The summed E-state index contributed by atoms with van der Waals surface area (Å²) in [6.07, 6.45) is 2.81. The normalized spacial score (nSPS) is 16.9. The zero-order chi connectivity index (χ0) is 23.6. The number of rotatable bonds is 14. The maximum Gasteiger partial charge on any atom is 0.702 e. The summed E-state index contributed by atoms with van der Waals surface area (Å²) in [5.74, 6) is 2.21. The summed E-state index contributed by atoms with van der Waals surface area (Å²) in [6.45, 7) is 5.74. The van der Waals surface area contributed by atoms with Gasteiger partial charge in [-0.3, -0.25) is 0 Å². The molecule has 0 N–H and O–H groups in total. The van der Waals surface area contributed by atoms with E-state index in [9.17, 15) is 0 Å². The number of hydrogen-bond acceptors (Lipinski definition) is 5. The maximum atomic E-state index is 6.76. The fourth-order valence-electron chi connectivity index (χ4n) is 3.91. The van der Waals surface area contributed by atoms with Crippen molar-refractivity contribution >= 4 is 8.80 Å². The molecule has 0 saturated carbocycles. The van der Waals surface area contributed by atoms with E-state index < -0.39 is 8.80 Å². The second-order valence-electron chi connectivity index (χ2n) is 8.51. The van der Waals surface area contributed by atoms with Crippen LogP contribution in [0.25, 0.3) is 0 Å². The molecule has 0 bridgehead atoms. The highest BCUT2D eigenvalue weighted by atomic mass is 28.4. The molecular weight excluding hydrogens is 444 g/mol. The molecule has 5 nitrogen and oxygen atoms in total. The SMILES string of the molecule is CCC(CC(CC)[Si](Oc1ccccc1)(Oc1ccccc1)Oc1ccccc1)OCC1CO1. The van der Waals surface area contributed by atoms with E-state index in [1.165, 1.54) is 0 Å². The van der Waals surface area contributed by atoms with Crippen molar-refractivity contribution < 1.29 is 22.8 Å². The number of para-hydroxylation sites is 3. The van der Waals surface area contributed by atoms with E-state index in [1.807, 2.05) is 91.0 Å². The quantitative estimate of drug-likeness (QED) is 0.195. The van der Waals surface area contributed by atoms with Crippen LogP contribution in [0.5, 0.6) is 17.2 Å². The van der Waals surface area contributed by atoms with Crippen LogP contribution < -0.4 is 13.3 Å². The number of epoxide rings is 1. The highest BCUT2D eigenvalue weighted by Gasteiger charge is 2.57. The zero-order valence-corrected chi connectivity index (χ0v) is 21.0. The van der Waals surface area contributed by atoms with Crippen LogP contribution in [-0.4, -0.2) is 34.2 Å². The smallest absolute Gasteiger partial charge is 0.483 e. The third-order valence-electron chi connectivity index (χ3n) is 5.93. The Bertz CT molecular complexity index is 864. The number of ether oxygens (including phenoxy) is 2. The molecule has 1 heterocycles. The molecule has 3 aromatic rings. The first-order chi connectivity index (χ1) is 16.7. The first-order valence-corrected chi connectivity index (χ1v) is 14.0. The molecule has 0 aromatic heterocycles. The summed E-state index contributed by atoms with van der Waals surface area (Å²) in [4.78, 5) is 0. The van der Waals surface area contributed by atoms with Gasteiger partial charge in [0.1, 0.15) is 23.4 Å². The predicted octanol–water partition coefficient (Wildman–Crippen LogP) is 6.53. The van der Waals surface area contributed by atoms with Gasteiger partial charge in [0, 0.05) is 0 Å². The Morgan fingerprint density at radius 1 is 0.735 bits per heavy atom. The minimum absolute atomic E-state index is 0.0122. The topological polar surface area (TPSA) is 49.5 Å². The van der Waals surface area contributed by atoms with Gasteiger partial charge in [-0.2, -0.15) is 0 Å². The van der Waals surface area contributed by atoms with Crippen LogP contribution in [0, 0.1) is 0 Å². The Labute approximate surface area is 204 Å². The summed E-state index contributed by atoms with van der Waals surface area (Å²) in [5.41, 5.74) is 0.0122. The van der Waals surface area contributed by atoms with Gasteiger partial charge in [0.25, 0.3) is 0 Å². The van der Waals surface area contributed by atoms with Crippen LogP contribution in [0.1, 0.15) is 33.1 Å². The summed E-state index contributed by atoms with van der Waals surface area (Å²) in [5, 5.41) is 0. The molecule has 6 heteroatoms. The van der Waals surface area contributed by atoms with Crippen LogP contribution in [0.3, 0.4) is 0 Å². The molecule has 0 radical (unpaired) electrons. The highest BCUT2D eigenvalue weighted by Crippen LogP contribution is 2.37. The fourth-order valence-corrected chi connectivity index (χ4v) is 6.98. The molecule has 1 saturated heterocycles. The molecular formula is C28H34O5Si. The Morgan fingerprint density at radius 3 is 1.53 bits per heavy atom. The van der Waals surface area contributed by atoms with Crippen molar-refractivity contribution in [2.45, 2.75) is 50.9 Å². The van der Waals surface area contributed by atoms with Crippen LogP contribution in [0.2, 0.25) is 5.54 Å². The number of benzene rings is 3. The Morgan fingerprint density at radius 2 is 1.18 bits per heavy atom. The molecule has 1 aliphatic heterocycles. The van der Waals surface area contributed by atoms with E-state index in [-0.39, 0.29) is 17.7 Å². The van der Waals surface area contributed by atoms with E-state index in [4.69, 9.17) is 22.8 Å². The summed E-state index contributed by atoms with van der Waals surface area (Å²) in [7, 11) is -3.38. The lowest BCUT2D eigenvalue weighted by atomic mass is 10.1. The standard InChI is InChI=1S/C28H34O5Si/c1-3-23(29-21-27-22-30-27)20-28(4-2)34(31-24-14-8-5-9-15-24,32-25-16-10-6-11-17-25)33-26-18-12-7-13-19-26/h5-19,23,27-28H,3-4,20-22H2,1-2H3. The van der Waals surface area contributed by atoms with Gasteiger partial charge in [0.2, 0.25) is 0 Å². The maximum absolute atomic E-state index is 6.76. The highest BCUT2D eigenvalue weighted by molar-refractivity contribution is 6.64. The Balaban J connectivity index is 1.69.